The minimum absolute atomic E-state index is 0.0353. The molecule has 1 aliphatic heterocycles. The van der Waals surface area contributed by atoms with Gasteiger partial charge in [0.1, 0.15) is 5.82 Å². The summed E-state index contributed by atoms with van der Waals surface area (Å²) in [6.45, 7) is 0.944. The largest absolute Gasteiger partial charge is 0.396 e. The quantitative estimate of drug-likeness (QED) is 0.685. The van der Waals surface area contributed by atoms with Crippen LogP contribution in [0.3, 0.4) is 0 Å². The maximum absolute atomic E-state index is 14.5. The van der Waals surface area contributed by atoms with Crippen LogP contribution in [0.25, 0.3) is 10.8 Å². The zero-order valence-electron chi connectivity index (χ0n) is 17.7. The van der Waals surface area contributed by atoms with Crippen molar-refractivity contribution < 1.29 is 19.1 Å². The first-order chi connectivity index (χ1) is 15.0. The zero-order valence-corrected chi connectivity index (χ0v) is 17.7. The third-order valence-electron chi connectivity index (χ3n) is 6.19. The highest BCUT2D eigenvalue weighted by Crippen LogP contribution is 2.33. The third-order valence-corrected chi connectivity index (χ3v) is 6.19. The van der Waals surface area contributed by atoms with Crippen molar-refractivity contribution in [2.24, 2.45) is 5.92 Å². The Morgan fingerprint density at radius 1 is 1.16 bits per heavy atom. The summed E-state index contributed by atoms with van der Waals surface area (Å²) in [7, 11) is 1.57. The van der Waals surface area contributed by atoms with E-state index in [-0.39, 0.29) is 49.0 Å². The number of carbonyl (C=O) groups is 2. The summed E-state index contributed by atoms with van der Waals surface area (Å²) in [5.41, 5.74) is 0.437. The van der Waals surface area contributed by atoms with Crippen molar-refractivity contribution in [2.75, 3.05) is 26.7 Å². The summed E-state index contributed by atoms with van der Waals surface area (Å²) < 4.78 is 14.5. The normalized spacial score (nSPS) is 21.1. The molecule has 1 saturated carbocycles. The van der Waals surface area contributed by atoms with Gasteiger partial charge < -0.3 is 25.5 Å². The van der Waals surface area contributed by atoms with E-state index in [2.05, 4.69) is 10.6 Å². The van der Waals surface area contributed by atoms with Crippen molar-refractivity contribution in [2.45, 2.75) is 37.9 Å². The van der Waals surface area contributed by atoms with Gasteiger partial charge in [0.25, 0.3) is 0 Å². The van der Waals surface area contributed by atoms with Gasteiger partial charge >= 0.3 is 12.1 Å². The Kier molecular flexibility index (Phi) is 6.27. The average Bonchev–Trinajstić information content (AvgIpc) is 3.62. The number of aliphatic hydroxyl groups excluding tert-OH is 1. The number of hydrogen-bond acceptors (Lipinski definition) is 3. The number of aliphatic hydroxyl groups is 1. The molecule has 0 aromatic heterocycles. The van der Waals surface area contributed by atoms with E-state index in [1.165, 1.54) is 6.07 Å². The molecule has 7 nitrogen and oxygen atoms in total. The van der Waals surface area contributed by atoms with E-state index in [1.54, 1.807) is 22.9 Å². The smallest absolute Gasteiger partial charge is 0.318 e. The van der Waals surface area contributed by atoms with Crippen molar-refractivity contribution in [1.29, 1.82) is 0 Å². The predicted molar refractivity (Wildman–Crippen MR) is 116 cm³/mol. The van der Waals surface area contributed by atoms with Crippen LogP contribution in [0.2, 0.25) is 0 Å². The molecule has 2 fully saturated rings. The third kappa shape index (κ3) is 4.74. The number of halogens is 1. The molecule has 1 heterocycles. The summed E-state index contributed by atoms with van der Waals surface area (Å²) in [4.78, 5) is 28.8. The van der Waals surface area contributed by atoms with E-state index in [0.717, 1.165) is 23.6 Å². The SMILES string of the molecule is CNC(=O)N1CC(CO)CC(N(C(=O)NCc2cc3ccccc3cc2F)C2CC2)C1. The molecule has 4 amide bonds. The molecule has 166 valence electrons. The second-order valence-electron chi connectivity index (χ2n) is 8.49. The topological polar surface area (TPSA) is 84.9 Å². The molecule has 3 N–H and O–H groups in total. The van der Waals surface area contributed by atoms with E-state index in [0.29, 0.717) is 25.1 Å². The Bertz CT molecular complexity index is 965. The number of rotatable bonds is 5. The standard InChI is InChI=1S/C23H29FN4O3/c1-25-22(30)27-12-15(14-29)8-20(13-27)28(19-6-7-19)23(31)26-11-18-9-16-4-2-3-5-17(16)10-21(18)24/h2-5,9-10,15,19-20,29H,6-8,11-14H2,1H3,(H,25,30)(H,26,31). The molecule has 0 bridgehead atoms. The van der Waals surface area contributed by atoms with Crippen LogP contribution < -0.4 is 10.6 Å². The van der Waals surface area contributed by atoms with E-state index in [4.69, 9.17) is 0 Å². The molecule has 2 unspecified atom stereocenters. The van der Waals surface area contributed by atoms with E-state index >= 15 is 0 Å². The van der Waals surface area contributed by atoms with Gasteiger partial charge in [0.15, 0.2) is 0 Å². The number of nitrogens with zero attached hydrogens (tertiary/aromatic N) is 2. The summed E-state index contributed by atoms with van der Waals surface area (Å²) in [6, 6.07) is 10.3. The van der Waals surface area contributed by atoms with E-state index in [1.807, 2.05) is 24.3 Å². The molecule has 2 aromatic rings. The van der Waals surface area contributed by atoms with Gasteiger partial charge in [-0.25, -0.2) is 14.0 Å². The van der Waals surface area contributed by atoms with Crippen LogP contribution in [0.1, 0.15) is 24.8 Å². The van der Waals surface area contributed by atoms with Crippen LogP contribution in [0.5, 0.6) is 0 Å². The van der Waals surface area contributed by atoms with Crippen LogP contribution >= 0.6 is 0 Å². The van der Waals surface area contributed by atoms with Gasteiger partial charge in [0, 0.05) is 50.8 Å². The molecule has 1 saturated heterocycles. The highest BCUT2D eigenvalue weighted by molar-refractivity contribution is 5.83. The maximum Gasteiger partial charge on any atom is 0.318 e. The second-order valence-corrected chi connectivity index (χ2v) is 8.49. The highest BCUT2D eigenvalue weighted by atomic mass is 19.1. The summed E-state index contributed by atoms with van der Waals surface area (Å²) in [5.74, 6) is -0.427. The fourth-order valence-electron chi connectivity index (χ4n) is 4.47. The number of benzene rings is 2. The van der Waals surface area contributed by atoms with Gasteiger partial charge in [-0.1, -0.05) is 24.3 Å². The van der Waals surface area contributed by atoms with Gasteiger partial charge in [-0.15, -0.1) is 0 Å². The molecule has 8 heteroatoms. The number of carbonyl (C=O) groups excluding carboxylic acids is 2. The molecule has 2 aliphatic rings. The van der Waals surface area contributed by atoms with Gasteiger partial charge in [-0.3, -0.25) is 0 Å². The summed E-state index contributed by atoms with van der Waals surface area (Å²) in [5, 5.41) is 17.0. The Morgan fingerprint density at radius 2 is 1.87 bits per heavy atom. The fraction of sp³-hybridized carbons (Fsp3) is 0.478. The van der Waals surface area contributed by atoms with Crippen molar-refractivity contribution in [1.82, 2.24) is 20.4 Å². The first kappa shape index (κ1) is 21.4. The molecule has 31 heavy (non-hydrogen) atoms. The van der Waals surface area contributed by atoms with E-state index < -0.39 is 0 Å². The molecule has 0 radical (unpaired) electrons. The Balaban J connectivity index is 1.48. The number of fused-ring (bicyclic) bond motifs is 1. The average molecular weight is 429 g/mol. The van der Waals surface area contributed by atoms with Crippen LogP contribution in [0, 0.1) is 11.7 Å². The van der Waals surface area contributed by atoms with Gasteiger partial charge in [-0.05, 0) is 42.2 Å². The number of nitrogens with one attached hydrogen (secondary N) is 2. The van der Waals surface area contributed by atoms with Crippen molar-refractivity contribution in [3.05, 3.63) is 47.8 Å². The second kappa shape index (κ2) is 9.09. The maximum atomic E-state index is 14.5. The Labute approximate surface area is 181 Å². The first-order valence-corrected chi connectivity index (χ1v) is 10.8. The predicted octanol–water partition coefficient (Wildman–Crippen LogP) is 2.68. The van der Waals surface area contributed by atoms with Gasteiger partial charge in [0.05, 0.1) is 6.04 Å². The number of amides is 4. The molecule has 1 aliphatic carbocycles. The number of hydrogen-bond donors (Lipinski definition) is 3. The number of piperidine rings is 1. The van der Waals surface area contributed by atoms with Crippen LogP contribution in [0.15, 0.2) is 36.4 Å². The Hall–Kier alpha value is -2.87. The van der Waals surface area contributed by atoms with Crippen LogP contribution in [0.4, 0.5) is 14.0 Å². The lowest BCUT2D eigenvalue weighted by Gasteiger charge is -2.42. The lowest BCUT2D eigenvalue weighted by molar-refractivity contribution is 0.0690. The lowest BCUT2D eigenvalue weighted by atomic mass is 9.94. The summed E-state index contributed by atoms with van der Waals surface area (Å²) >= 11 is 0. The zero-order chi connectivity index (χ0) is 22.0. The minimum Gasteiger partial charge on any atom is -0.396 e. The monoisotopic (exact) mass is 428 g/mol. The van der Waals surface area contributed by atoms with Crippen LogP contribution in [-0.2, 0) is 6.54 Å². The molecular formula is C23H29FN4O3. The molecule has 4 rings (SSSR count). The Morgan fingerprint density at radius 3 is 2.52 bits per heavy atom. The molecule has 0 spiro atoms. The van der Waals surface area contributed by atoms with Crippen molar-refractivity contribution >= 4 is 22.8 Å². The van der Waals surface area contributed by atoms with Crippen LogP contribution in [-0.4, -0.2) is 65.8 Å². The number of urea groups is 2. The molecule has 2 aromatic carbocycles. The molecule has 2 atom stereocenters. The highest BCUT2D eigenvalue weighted by Gasteiger charge is 2.41. The first-order valence-electron chi connectivity index (χ1n) is 10.8. The lowest BCUT2D eigenvalue weighted by Crippen LogP contribution is -2.58. The minimum atomic E-state index is -0.347. The fourth-order valence-corrected chi connectivity index (χ4v) is 4.47. The van der Waals surface area contributed by atoms with Gasteiger partial charge in [0.2, 0.25) is 0 Å². The van der Waals surface area contributed by atoms with Crippen molar-refractivity contribution in [3.63, 3.8) is 0 Å². The summed E-state index contributed by atoms with van der Waals surface area (Å²) in [6.07, 6.45) is 2.47. The van der Waals surface area contributed by atoms with Gasteiger partial charge in [-0.2, -0.15) is 0 Å². The molecular weight excluding hydrogens is 399 g/mol. The number of likely N-dealkylation sites (tertiary alicyclic amines) is 1. The van der Waals surface area contributed by atoms with Crippen molar-refractivity contribution in [3.8, 4) is 0 Å². The van der Waals surface area contributed by atoms with E-state index in [9.17, 15) is 19.1 Å².